The molecule has 0 saturated heterocycles. The predicted molar refractivity (Wildman–Crippen MR) is 71.3 cm³/mol. The van der Waals surface area contributed by atoms with Crippen molar-refractivity contribution in [2.75, 3.05) is 0 Å². The normalized spacial score (nSPS) is 22.4. The van der Waals surface area contributed by atoms with E-state index in [1.54, 1.807) is 0 Å². The van der Waals surface area contributed by atoms with Crippen LogP contribution in [0.5, 0.6) is 0 Å². The van der Waals surface area contributed by atoms with E-state index in [-0.39, 0.29) is 0 Å². The molecule has 0 aromatic rings. The molecule has 0 radical (unpaired) electrons. The van der Waals surface area contributed by atoms with Crippen LogP contribution in [0.25, 0.3) is 0 Å². The van der Waals surface area contributed by atoms with Gasteiger partial charge < -0.3 is 16.3 Å². The quantitative estimate of drug-likeness (QED) is 0.289. The highest BCUT2D eigenvalue weighted by molar-refractivity contribution is 5.80. The van der Waals surface area contributed by atoms with Crippen LogP contribution in [0, 0.1) is 5.92 Å². The molecule has 0 bridgehead atoms. The number of hydrogen-bond acceptors (Lipinski definition) is 3. The van der Waals surface area contributed by atoms with Crippen LogP contribution in [0.1, 0.15) is 58.8 Å². The van der Waals surface area contributed by atoms with Gasteiger partial charge in [0.15, 0.2) is 0 Å². The largest absolute Gasteiger partial charge is 0.409 e. The van der Waals surface area contributed by atoms with Gasteiger partial charge in [-0.3, -0.25) is 0 Å². The third-order valence-electron chi connectivity index (χ3n) is 3.93. The van der Waals surface area contributed by atoms with E-state index in [2.05, 4.69) is 24.3 Å². The molecular formula is C13H27N3O. The van der Waals surface area contributed by atoms with Gasteiger partial charge in [0.2, 0.25) is 0 Å². The molecule has 2 atom stereocenters. The minimum Gasteiger partial charge on any atom is -0.409 e. The average molecular weight is 241 g/mol. The number of nitrogens with zero attached hydrogens (tertiary/aromatic N) is 1. The lowest BCUT2D eigenvalue weighted by molar-refractivity contribution is 0.261. The maximum atomic E-state index is 8.60. The van der Waals surface area contributed by atoms with Gasteiger partial charge in [0.05, 0.1) is 0 Å². The van der Waals surface area contributed by atoms with Crippen molar-refractivity contribution < 1.29 is 5.21 Å². The van der Waals surface area contributed by atoms with Crippen LogP contribution >= 0.6 is 0 Å². The number of nitrogens with one attached hydrogen (secondary N) is 1. The molecule has 1 rings (SSSR count). The Kier molecular flexibility index (Phi) is 6.34. The summed E-state index contributed by atoms with van der Waals surface area (Å²) in [5.74, 6) is 1.12. The van der Waals surface area contributed by atoms with Crippen LogP contribution in [-0.4, -0.2) is 23.1 Å². The standard InChI is InChI=1S/C13H27N3O/c1-3-12(9-13(14)16-17)15-10(2)11-7-5-4-6-8-11/h10-12,15,17H,3-9H2,1-2H3,(H2,14,16). The first kappa shape index (κ1) is 14.3. The number of rotatable bonds is 6. The maximum absolute atomic E-state index is 8.60. The summed E-state index contributed by atoms with van der Waals surface area (Å²) < 4.78 is 0. The molecule has 0 aliphatic heterocycles. The molecule has 1 aliphatic carbocycles. The Labute approximate surface area is 105 Å². The van der Waals surface area contributed by atoms with Gasteiger partial charge in [0, 0.05) is 18.5 Å². The lowest BCUT2D eigenvalue weighted by Gasteiger charge is -2.31. The van der Waals surface area contributed by atoms with E-state index < -0.39 is 0 Å². The fourth-order valence-electron chi connectivity index (χ4n) is 2.76. The summed E-state index contributed by atoms with van der Waals surface area (Å²) in [7, 11) is 0. The highest BCUT2D eigenvalue weighted by Crippen LogP contribution is 2.26. The smallest absolute Gasteiger partial charge is 0.140 e. The molecule has 0 spiro atoms. The highest BCUT2D eigenvalue weighted by atomic mass is 16.4. The highest BCUT2D eigenvalue weighted by Gasteiger charge is 2.22. The van der Waals surface area contributed by atoms with Crippen LogP contribution in [0.15, 0.2) is 5.16 Å². The molecule has 4 nitrogen and oxygen atoms in total. The van der Waals surface area contributed by atoms with Crippen molar-refractivity contribution in [3.63, 3.8) is 0 Å². The Morgan fingerprint density at radius 1 is 1.41 bits per heavy atom. The molecule has 0 heterocycles. The second-order valence-corrected chi connectivity index (χ2v) is 5.25. The fourth-order valence-corrected chi connectivity index (χ4v) is 2.76. The van der Waals surface area contributed by atoms with Crippen molar-refractivity contribution in [3.8, 4) is 0 Å². The van der Waals surface area contributed by atoms with Crippen LogP contribution in [0.2, 0.25) is 0 Å². The first-order valence-electron chi connectivity index (χ1n) is 6.89. The number of nitrogens with two attached hydrogens (primary N) is 1. The van der Waals surface area contributed by atoms with Gasteiger partial charge in [0.25, 0.3) is 0 Å². The molecule has 1 aliphatic rings. The molecule has 2 unspecified atom stereocenters. The minimum atomic E-state index is 0.320. The third kappa shape index (κ3) is 4.94. The molecule has 0 amide bonds. The van der Waals surface area contributed by atoms with Crippen molar-refractivity contribution in [1.29, 1.82) is 0 Å². The summed E-state index contributed by atoms with van der Waals surface area (Å²) in [5, 5.41) is 15.3. The predicted octanol–water partition coefficient (Wildman–Crippen LogP) is 2.46. The SMILES string of the molecule is CCC(CC(N)=NO)NC(C)C1CCCCC1. The van der Waals surface area contributed by atoms with Gasteiger partial charge in [-0.1, -0.05) is 31.3 Å². The molecule has 4 heteroatoms. The van der Waals surface area contributed by atoms with Gasteiger partial charge >= 0.3 is 0 Å². The summed E-state index contributed by atoms with van der Waals surface area (Å²) in [6.07, 6.45) is 8.45. The van der Waals surface area contributed by atoms with Gasteiger partial charge in [0.1, 0.15) is 5.84 Å². The lowest BCUT2D eigenvalue weighted by atomic mass is 9.84. The Bertz CT molecular complexity index is 237. The molecular weight excluding hydrogens is 214 g/mol. The first-order valence-corrected chi connectivity index (χ1v) is 6.89. The number of oxime groups is 1. The van der Waals surface area contributed by atoms with Crippen LogP contribution in [0.3, 0.4) is 0 Å². The van der Waals surface area contributed by atoms with Crippen molar-refractivity contribution in [2.45, 2.75) is 70.9 Å². The Balaban J connectivity index is 2.38. The van der Waals surface area contributed by atoms with Gasteiger partial charge in [-0.05, 0) is 32.1 Å². The van der Waals surface area contributed by atoms with Crippen molar-refractivity contribution in [2.24, 2.45) is 16.8 Å². The summed E-state index contributed by atoms with van der Waals surface area (Å²) in [6.45, 7) is 4.40. The van der Waals surface area contributed by atoms with Crippen molar-refractivity contribution in [1.82, 2.24) is 5.32 Å². The number of amidine groups is 1. The Hall–Kier alpha value is -0.770. The van der Waals surface area contributed by atoms with E-state index in [9.17, 15) is 0 Å². The van der Waals surface area contributed by atoms with E-state index >= 15 is 0 Å². The lowest BCUT2D eigenvalue weighted by Crippen LogP contribution is -2.43. The van der Waals surface area contributed by atoms with E-state index in [0.29, 0.717) is 24.3 Å². The zero-order chi connectivity index (χ0) is 12.7. The molecule has 0 aromatic heterocycles. The third-order valence-corrected chi connectivity index (χ3v) is 3.93. The first-order chi connectivity index (χ1) is 8.17. The molecule has 17 heavy (non-hydrogen) atoms. The molecule has 100 valence electrons. The van der Waals surface area contributed by atoms with Gasteiger partial charge in [-0.15, -0.1) is 0 Å². The van der Waals surface area contributed by atoms with E-state index in [0.717, 1.165) is 12.3 Å². The minimum absolute atomic E-state index is 0.320. The molecule has 0 aromatic carbocycles. The van der Waals surface area contributed by atoms with Crippen molar-refractivity contribution >= 4 is 5.84 Å². The van der Waals surface area contributed by atoms with E-state index in [1.807, 2.05) is 0 Å². The Morgan fingerprint density at radius 3 is 2.59 bits per heavy atom. The second kappa shape index (κ2) is 7.54. The monoisotopic (exact) mass is 241 g/mol. The zero-order valence-electron chi connectivity index (χ0n) is 11.2. The average Bonchev–Trinajstić information content (AvgIpc) is 2.38. The summed E-state index contributed by atoms with van der Waals surface area (Å²) >= 11 is 0. The van der Waals surface area contributed by atoms with Gasteiger partial charge in [-0.2, -0.15) is 0 Å². The zero-order valence-corrected chi connectivity index (χ0v) is 11.2. The summed E-state index contributed by atoms with van der Waals surface area (Å²) in [6, 6.07) is 0.856. The number of hydrogen-bond donors (Lipinski definition) is 3. The van der Waals surface area contributed by atoms with Crippen LogP contribution < -0.4 is 11.1 Å². The van der Waals surface area contributed by atoms with Crippen LogP contribution in [0.4, 0.5) is 0 Å². The van der Waals surface area contributed by atoms with Crippen molar-refractivity contribution in [3.05, 3.63) is 0 Å². The molecule has 1 saturated carbocycles. The summed E-state index contributed by atoms with van der Waals surface area (Å²) in [4.78, 5) is 0. The molecule has 4 N–H and O–H groups in total. The molecule has 1 fully saturated rings. The topological polar surface area (TPSA) is 70.6 Å². The van der Waals surface area contributed by atoms with E-state index in [4.69, 9.17) is 10.9 Å². The Morgan fingerprint density at radius 2 is 2.06 bits per heavy atom. The second-order valence-electron chi connectivity index (χ2n) is 5.25. The van der Waals surface area contributed by atoms with Gasteiger partial charge in [-0.25, -0.2) is 0 Å². The summed E-state index contributed by atoms with van der Waals surface area (Å²) in [5.41, 5.74) is 5.56. The maximum Gasteiger partial charge on any atom is 0.140 e. The fraction of sp³-hybridized carbons (Fsp3) is 0.923. The van der Waals surface area contributed by atoms with Crippen LogP contribution in [-0.2, 0) is 0 Å². The van der Waals surface area contributed by atoms with E-state index in [1.165, 1.54) is 32.1 Å².